The summed E-state index contributed by atoms with van der Waals surface area (Å²) >= 11 is 30.5. The van der Waals surface area contributed by atoms with Crippen molar-refractivity contribution >= 4 is 69.7 Å². The summed E-state index contributed by atoms with van der Waals surface area (Å²) in [5.74, 6) is 0.353. The number of anilines is 1. The standard InChI is InChI=1S/C24H16Cl5N3O2/c25-17-8-7-14(10-19(17)27)11-32-12-20(28)23(31-32)30-24(33)16-4-1-3-15(9-16)13-34-21-6-2-5-18(26)22(21)29/h1-10,12H,11,13H2,(H,30,31,33). The van der Waals surface area contributed by atoms with E-state index in [0.717, 1.165) is 11.1 Å². The number of benzene rings is 3. The number of nitrogens with zero attached hydrogens (tertiary/aromatic N) is 2. The number of amides is 1. The van der Waals surface area contributed by atoms with E-state index in [1.165, 1.54) is 0 Å². The van der Waals surface area contributed by atoms with Crippen LogP contribution in [0.25, 0.3) is 0 Å². The minimum absolute atomic E-state index is 0.209. The molecule has 1 amide bonds. The number of nitrogens with one attached hydrogen (secondary N) is 1. The van der Waals surface area contributed by atoms with Gasteiger partial charge < -0.3 is 10.1 Å². The Hall–Kier alpha value is -2.41. The Labute approximate surface area is 221 Å². The van der Waals surface area contributed by atoms with Crippen molar-refractivity contribution in [3.05, 3.63) is 109 Å². The largest absolute Gasteiger partial charge is 0.487 e. The van der Waals surface area contributed by atoms with Crippen LogP contribution < -0.4 is 10.1 Å². The molecule has 5 nitrogen and oxygen atoms in total. The summed E-state index contributed by atoms with van der Waals surface area (Å²) in [4.78, 5) is 12.8. The third-order valence-corrected chi connectivity index (χ3v) is 6.59. The highest BCUT2D eigenvalue weighted by Crippen LogP contribution is 2.32. The molecule has 0 unspecified atom stereocenters. The molecule has 0 saturated heterocycles. The quantitative estimate of drug-likeness (QED) is 0.251. The molecular weight excluding hydrogens is 540 g/mol. The monoisotopic (exact) mass is 553 g/mol. The molecule has 0 atom stereocenters. The van der Waals surface area contributed by atoms with Crippen molar-refractivity contribution in [3.8, 4) is 5.75 Å². The molecule has 0 spiro atoms. The van der Waals surface area contributed by atoms with E-state index in [0.29, 0.717) is 43.0 Å². The third kappa shape index (κ3) is 5.98. The van der Waals surface area contributed by atoms with Crippen molar-refractivity contribution < 1.29 is 9.53 Å². The van der Waals surface area contributed by atoms with Gasteiger partial charge in [-0.2, -0.15) is 5.10 Å². The van der Waals surface area contributed by atoms with Crippen molar-refractivity contribution in [1.82, 2.24) is 9.78 Å². The first-order valence-corrected chi connectivity index (χ1v) is 11.8. The summed E-state index contributed by atoms with van der Waals surface area (Å²) in [6.07, 6.45) is 1.62. The lowest BCUT2D eigenvalue weighted by Crippen LogP contribution is -2.13. The summed E-state index contributed by atoms with van der Waals surface area (Å²) in [5.41, 5.74) is 2.09. The van der Waals surface area contributed by atoms with Gasteiger partial charge in [-0.25, -0.2) is 0 Å². The summed E-state index contributed by atoms with van der Waals surface area (Å²) in [6.45, 7) is 0.617. The maximum absolute atomic E-state index is 12.8. The van der Waals surface area contributed by atoms with Gasteiger partial charge in [0.2, 0.25) is 0 Å². The fourth-order valence-corrected chi connectivity index (χ4v) is 3.99. The van der Waals surface area contributed by atoms with Gasteiger partial charge in [0.05, 0.1) is 21.6 Å². The van der Waals surface area contributed by atoms with Crippen molar-refractivity contribution in [3.63, 3.8) is 0 Å². The highest BCUT2D eigenvalue weighted by Gasteiger charge is 2.14. The van der Waals surface area contributed by atoms with Crippen LogP contribution in [0.4, 0.5) is 5.82 Å². The second-order valence-corrected chi connectivity index (χ2v) is 9.27. The second-order valence-electron chi connectivity index (χ2n) is 7.27. The SMILES string of the molecule is O=C(Nc1nn(Cc2ccc(Cl)c(Cl)c2)cc1Cl)c1cccc(COc2cccc(Cl)c2Cl)c1. The summed E-state index contributed by atoms with van der Waals surface area (Å²) < 4.78 is 7.36. The van der Waals surface area contributed by atoms with E-state index < -0.39 is 0 Å². The lowest BCUT2D eigenvalue weighted by atomic mass is 10.1. The van der Waals surface area contributed by atoms with Crippen LogP contribution in [0.2, 0.25) is 25.1 Å². The van der Waals surface area contributed by atoms with Gasteiger partial charge >= 0.3 is 0 Å². The Kier molecular flexibility index (Phi) is 7.91. The number of hydrogen-bond acceptors (Lipinski definition) is 3. The maximum Gasteiger partial charge on any atom is 0.256 e. The number of hydrogen-bond donors (Lipinski definition) is 1. The topological polar surface area (TPSA) is 56.2 Å². The molecule has 174 valence electrons. The van der Waals surface area contributed by atoms with E-state index >= 15 is 0 Å². The van der Waals surface area contributed by atoms with Gasteiger partial charge in [-0.1, -0.05) is 82.3 Å². The zero-order chi connectivity index (χ0) is 24.2. The van der Waals surface area contributed by atoms with Gasteiger partial charge in [-0.3, -0.25) is 9.48 Å². The van der Waals surface area contributed by atoms with Gasteiger partial charge in [-0.05, 0) is 47.5 Å². The Morgan fingerprint density at radius 3 is 2.44 bits per heavy atom. The molecule has 1 N–H and O–H groups in total. The Morgan fingerprint density at radius 1 is 0.853 bits per heavy atom. The number of rotatable bonds is 7. The average molecular weight is 556 g/mol. The van der Waals surface area contributed by atoms with Crippen molar-refractivity contribution in [2.24, 2.45) is 0 Å². The Morgan fingerprint density at radius 2 is 1.65 bits per heavy atom. The lowest BCUT2D eigenvalue weighted by molar-refractivity contribution is 0.102. The Balaban J connectivity index is 1.42. The molecule has 0 bridgehead atoms. The summed E-state index contributed by atoms with van der Waals surface area (Å²) in [5, 5.41) is 9.08. The van der Waals surface area contributed by atoms with Gasteiger partial charge in [-0.15, -0.1) is 0 Å². The molecule has 0 aliphatic rings. The van der Waals surface area contributed by atoms with E-state index in [4.69, 9.17) is 62.7 Å². The minimum atomic E-state index is -0.357. The average Bonchev–Trinajstić information content (AvgIpc) is 3.15. The van der Waals surface area contributed by atoms with Crippen LogP contribution in [0.15, 0.2) is 66.9 Å². The molecule has 10 heteroatoms. The molecule has 34 heavy (non-hydrogen) atoms. The van der Waals surface area contributed by atoms with Crippen LogP contribution in [0.1, 0.15) is 21.5 Å². The number of halogens is 5. The molecule has 4 aromatic rings. The fraction of sp³-hybridized carbons (Fsp3) is 0.0833. The van der Waals surface area contributed by atoms with E-state index in [-0.39, 0.29) is 18.3 Å². The van der Waals surface area contributed by atoms with Crippen molar-refractivity contribution in [2.75, 3.05) is 5.32 Å². The maximum atomic E-state index is 12.8. The van der Waals surface area contributed by atoms with Gasteiger partial charge in [0.1, 0.15) is 22.4 Å². The van der Waals surface area contributed by atoms with Gasteiger partial charge in [0, 0.05) is 11.8 Å². The zero-order valence-corrected chi connectivity index (χ0v) is 21.1. The molecule has 0 aliphatic carbocycles. The fourth-order valence-electron chi connectivity index (χ4n) is 3.13. The molecule has 3 aromatic carbocycles. The number of aromatic nitrogens is 2. The highest BCUT2D eigenvalue weighted by atomic mass is 35.5. The first-order valence-electron chi connectivity index (χ1n) is 9.94. The van der Waals surface area contributed by atoms with Crippen LogP contribution in [0.3, 0.4) is 0 Å². The normalized spacial score (nSPS) is 10.9. The summed E-state index contributed by atoms with van der Waals surface area (Å²) in [7, 11) is 0. The Bertz CT molecular complexity index is 1360. The van der Waals surface area contributed by atoms with E-state index in [1.807, 2.05) is 12.1 Å². The lowest BCUT2D eigenvalue weighted by Gasteiger charge is -2.10. The molecule has 0 radical (unpaired) electrons. The predicted molar refractivity (Wildman–Crippen MR) is 138 cm³/mol. The van der Waals surface area contributed by atoms with Crippen molar-refractivity contribution in [1.29, 1.82) is 0 Å². The smallest absolute Gasteiger partial charge is 0.256 e. The van der Waals surface area contributed by atoms with Crippen LogP contribution in [0, 0.1) is 0 Å². The van der Waals surface area contributed by atoms with E-state index in [9.17, 15) is 4.79 Å². The third-order valence-electron chi connectivity index (χ3n) is 4.78. The number of carbonyl (C=O) groups excluding carboxylic acids is 1. The molecule has 1 heterocycles. The van der Waals surface area contributed by atoms with Crippen LogP contribution >= 0.6 is 58.0 Å². The number of carbonyl (C=O) groups is 1. The molecular formula is C24H16Cl5N3O2. The molecule has 4 rings (SSSR count). The van der Waals surface area contributed by atoms with E-state index in [1.54, 1.807) is 59.4 Å². The van der Waals surface area contributed by atoms with E-state index in [2.05, 4.69) is 10.4 Å². The van der Waals surface area contributed by atoms with Crippen molar-refractivity contribution in [2.45, 2.75) is 13.2 Å². The zero-order valence-electron chi connectivity index (χ0n) is 17.4. The van der Waals surface area contributed by atoms with Crippen LogP contribution in [0.5, 0.6) is 5.75 Å². The second kappa shape index (κ2) is 10.9. The van der Waals surface area contributed by atoms with Gasteiger partial charge in [0.25, 0.3) is 5.91 Å². The van der Waals surface area contributed by atoms with Crippen LogP contribution in [-0.2, 0) is 13.2 Å². The highest BCUT2D eigenvalue weighted by molar-refractivity contribution is 6.43. The molecule has 0 saturated carbocycles. The number of ether oxygens (including phenoxy) is 1. The predicted octanol–water partition coefficient (Wildman–Crippen LogP) is 8.03. The first-order chi connectivity index (χ1) is 16.3. The molecule has 0 aliphatic heterocycles. The first kappa shape index (κ1) is 24.7. The van der Waals surface area contributed by atoms with Crippen LogP contribution in [-0.4, -0.2) is 15.7 Å². The molecule has 1 aromatic heterocycles. The molecule has 0 fully saturated rings. The van der Waals surface area contributed by atoms with Gasteiger partial charge in [0.15, 0.2) is 5.82 Å². The minimum Gasteiger partial charge on any atom is -0.487 e. The summed E-state index contributed by atoms with van der Waals surface area (Å²) in [6, 6.07) is 17.5.